The third kappa shape index (κ3) is 2.21. The van der Waals surface area contributed by atoms with Gasteiger partial charge in [-0.05, 0) is 13.8 Å². The maximum Gasteiger partial charge on any atom is 0.150 e. The summed E-state index contributed by atoms with van der Waals surface area (Å²) in [5, 5.41) is 12.9. The van der Waals surface area contributed by atoms with Gasteiger partial charge in [-0.3, -0.25) is 0 Å². The lowest BCUT2D eigenvalue weighted by Gasteiger charge is -2.19. The highest BCUT2D eigenvalue weighted by Crippen LogP contribution is 2.25. The largest absolute Gasteiger partial charge is 0.394 e. The van der Waals surface area contributed by atoms with Crippen molar-refractivity contribution in [2.45, 2.75) is 26.8 Å². The van der Waals surface area contributed by atoms with E-state index in [1.165, 1.54) is 0 Å². The Kier molecular flexibility index (Phi) is 3.56. The van der Waals surface area contributed by atoms with Gasteiger partial charge in [0, 0.05) is 20.1 Å². The standard InChI is InChI=1S/C10H17N5/c1-4-15-10(9(12)8(2)13-15)14(3)7-5-6-11/h4-5,7,12H2,1-3H3. The van der Waals surface area contributed by atoms with E-state index < -0.39 is 0 Å². The second-order valence-electron chi connectivity index (χ2n) is 3.47. The molecule has 2 N–H and O–H groups in total. The molecule has 1 aromatic rings. The molecule has 0 unspecified atom stereocenters. The number of aromatic nitrogens is 2. The molecule has 0 saturated carbocycles. The lowest BCUT2D eigenvalue weighted by atomic mass is 10.3. The van der Waals surface area contributed by atoms with Crippen LogP contribution in [-0.4, -0.2) is 23.4 Å². The molecule has 0 aliphatic rings. The third-order valence-corrected chi connectivity index (χ3v) is 2.37. The second-order valence-corrected chi connectivity index (χ2v) is 3.47. The molecule has 0 radical (unpaired) electrons. The molecular formula is C10H17N5. The molecule has 1 rings (SSSR count). The fraction of sp³-hybridized carbons (Fsp3) is 0.600. The summed E-state index contributed by atoms with van der Waals surface area (Å²) in [6.45, 7) is 5.37. The van der Waals surface area contributed by atoms with Crippen LogP contribution in [-0.2, 0) is 6.54 Å². The summed E-state index contributed by atoms with van der Waals surface area (Å²) in [5.74, 6) is 0.908. The second kappa shape index (κ2) is 4.69. The van der Waals surface area contributed by atoms with Gasteiger partial charge in [-0.1, -0.05) is 0 Å². The average molecular weight is 207 g/mol. The summed E-state index contributed by atoms with van der Waals surface area (Å²) in [7, 11) is 1.93. The number of nitrogen functional groups attached to an aromatic ring is 1. The molecule has 0 fully saturated rings. The minimum absolute atomic E-state index is 0.490. The van der Waals surface area contributed by atoms with Crippen LogP contribution in [0.5, 0.6) is 0 Å². The van der Waals surface area contributed by atoms with E-state index in [1.807, 2.05) is 30.5 Å². The van der Waals surface area contributed by atoms with Gasteiger partial charge in [0.15, 0.2) is 0 Å². The molecule has 5 heteroatoms. The molecule has 5 nitrogen and oxygen atoms in total. The highest BCUT2D eigenvalue weighted by molar-refractivity contribution is 5.65. The maximum atomic E-state index is 8.53. The fourth-order valence-electron chi connectivity index (χ4n) is 1.53. The Hall–Kier alpha value is -1.70. The first kappa shape index (κ1) is 11.4. The maximum absolute atomic E-state index is 8.53. The molecule has 0 aliphatic heterocycles. The number of rotatable bonds is 4. The zero-order chi connectivity index (χ0) is 11.4. The van der Waals surface area contributed by atoms with Crippen molar-refractivity contribution in [3.8, 4) is 6.07 Å². The van der Waals surface area contributed by atoms with Crippen LogP contribution in [0.3, 0.4) is 0 Å². The highest BCUT2D eigenvalue weighted by Gasteiger charge is 2.14. The van der Waals surface area contributed by atoms with Gasteiger partial charge < -0.3 is 10.6 Å². The first-order valence-corrected chi connectivity index (χ1v) is 5.02. The monoisotopic (exact) mass is 207 g/mol. The van der Waals surface area contributed by atoms with Gasteiger partial charge in [0.25, 0.3) is 0 Å². The van der Waals surface area contributed by atoms with Crippen LogP contribution in [0.1, 0.15) is 19.0 Å². The number of aryl methyl sites for hydroxylation is 2. The van der Waals surface area contributed by atoms with Crippen LogP contribution < -0.4 is 10.6 Å². The van der Waals surface area contributed by atoms with E-state index in [4.69, 9.17) is 11.0 Å². The van der Waals surface area contributed by atoms with Crippen LogP contribution in [0.4, 0.5) is 11.5 Å². The molecule has 0 atom stereocenters. The molecule has 0 amide bonds. The van der Waals surface area contributed by atoms with Crippen LogP contribution in [0.25, 0.3) is 0 Å². The summed E-state index contributed by atoms with van der Waals surface area (Å²) >= 11 is 0. The van der Waals surface area contributed by atoms with Gasteiger partial charge in [-0.15, -0.1) is 0 Å². The molecule has 1 aromatic heterocycles. The molecule has 0 aliphatic carbocycles. The van der Waals surface area contributed by atoms with Gasteiger partial charge in [-0.2, -0.15) is 10.4 Å². The summed E-state index contributed by atoms with van der Waals surface area (Å²) in [6, 6.07) is 2.12. The van der Waals surface area contributed by atoms with E-state index >= 15 is 0 Å². The van der Waals surface area contributed by atoms with Gasteiger partial charge in [0.2, 0.25) is 0 Å². The van der Waals surface area contributed by atoms with E-state index in [0.29, 0.717) is 18.7 Å². The van der Waals surface area contributed by atoms with Crippen molar-refractivity contribution in [2.75, 3.05) is 24.2 Å². The Morgan fingerprint density at radius 1 is 1.60 bits per heavy atom. The molecule has 82 valence electrons. The lowest BCUT2D eigenvalue weighted by molar-refractivity contribution is 0.641. The average Bonchev–Trinajstić information content (AvgIpc) is 2.51. The lowest BCUT2D eigenvalue weighted by Crippen LogP contribution is -2.22. The Morgan fingerprint density at radius 3 is 2.80 bits per heavy atom. The van der Waals surface area contributed by atoms with E-state index in [9.17, 15) is 0 Å². The van der Waals surface area contributed by atoms with Crippen molar-refractivity contribution in [1.82, 2.24) is 9.78 Å². The van der Waals surface area contributed by atoms with Crippen molar-refractivity contribution < 1.29 is 0 Å². The van der Waals surface area contributed by atoms with E-state index in [-0.39, 0.29) is 0 Å². The minimum atomic E-state index is 0.490. The zero-order valence-corrected chi connectivity index (χ0v) is 9.49. The van der Waals surface area contributed by atoms with E-state index in [2.05, 4.69) is 11.2 Å². The first-order valence-electron chi connectivity index (χ1n) is 5.02. The number of anilines is 2. The highest BCUT2D eigenvalue weighted by atomic mass is 15.4. The molecule has 0 spiro atoms. The van der Waals surface area contributed by atoms with Crippen LogP contribution in [0.15, 0.2) is 0 Å². The normalized spacial score (nSPS) is 10.0. The Morgan fingerprint density at radius 2 is 2.27 bits per heavy atom. The number of hydrogen-bond donors (Lipinski definition) is 1. The summed E-state index contributed by atoms with van der Waals surface area (Å²) in [4.78, 5) is 1.97. The van der Waals surface area contributed by atoms with Crippen molar-refractivity contribution >= 4 is 11.5 Å². The minimum Gasteiger partial charge on any atom is -0.394 e. The predicted octanol–water partition coefficient (Wildman–Crippen LogP) is 1.14. The molecule has 0 bridgehead atoms. The summed E-state index contributed by atoms with van der Waals surface area (Å²) in [6.07, 6.45) is 0.490. The molecular weight excluding hydrogens is 190 g/mol. The topological polar surface area (TPSA) is 70.9 Å². The molecule has 15 heavy (non-hydrogen) atoms. The Balaban J connectivity index is 2.96. The number of nitriles is 1. The zero-order valence-electron chi connectivity index (χ0n) is 9.49. The number of nitrogens with two attached hydrogens (primary N) is 1. The van der Waals surface area contributed by atoms with Gasteiger partial charge in [0.05, 0.1) is 23.9 Å². The van der Waals surface area contributed by atoms with Crippen LogP contribution in [0.2, 0.25) is 0 Å². The fourth-order valence-corrected chi connectivity index (χ4v) is 1.53. The van der Waals surface area contributed by atoms with Crippen molar-refractivity contribution in [3.05, 3.63) is 5.69 Å². The predicted molar refractivity (Wildman–Crippen MR) is 60.6 cm³/mol. The van der Waals surface area contributed by atoms with Crippen LogP contribution >= 0.6 is 0 Å². The number of hydrogen-bond acceptors (Lipinski definition) is 4. The van der Waals surface area contributed by atoms with E-state index in [0.717, 1.165) is 18.1 Å². The molecule has 0 saturated heterocycles. The summed E-state index contributed by atoms with van der Waals surface area (Å²) < 4.78 is 1.86. The van der Waals surface area contributed by atoms with Crippen molar-refractivity contribution in [3.63, 3.8) is 0 Å². The Bertz CT molecular complexity index is 374. The van der Waals surface area contributed by atoms with Crippen LogP contribution in [0, 0.1) is 18.3 Å². The van der Waals surface area contributed by atoms with E-state index in [1.54, 1.807) is 0 Å². The van der Waals surface area contributed by atoms with Crippen molar-refractivity contribution in [2.24, 2.45) is 0 Å². The summed E-state index contributed by atoms with van der Waals surface area (Å²) in [5.41, 5.74) is 7.49. The molecule has 1 heterocycles. The third-order valence-electron chi connectivity index (χ3n) is 2.37. The van der Waals surface area contributed by atoms with Gasteiger partial charge >= 0.3 is 0 Å². The van der Waals surface area contributed by atoms with Gasteiger partial charge in [0.1, 0.15) is 5.82 Å². The van der Waals surface area contributed by atoms with Crippen molar-refractivity contribution in [1.29, 1.82) is 5.26 Å². The van der Waals surface area contributed by atoms with Gasteiger partial charge in [-0.25, -0.2) is 4.68 Å². The first-order chi connectivity index (χ1) is 7.11. The SMILES string of the molecule is CCn1nc(C)c(N)c1N(C)CCC#N. The Labute approximate surface area is 90.1 Å². The number of nitrogens with zero attached hydrogens (tertiary/aromatic N) is 4. The smallest absolute Gasteiger partial charge is 0.150 e. The quantitative estimate of drug-likeness (QED) is 0.803. The molecule has 0 aromatic carbocycles.